The van der Waals surface area contributed by atoms with Gasteiger partial charge in [0, 0.05) is 52.1 Å². The Bertz CT molecular complexity index is 427. The first-order chi connectivity index (χ1) is 8.62. The second kappa shape index (κ2) is 4.91. The average molecular weight is 297 g/mol. The summed E-state index contributed by atoms with van der Waals surface area (Å²) in [4.78, 5) is 0. The molecule has 5 nitrogen and oxygen atoms in total. The summed E-state index contributed by atoms with van der Waals surface area (Å²) < 4.78 is 51.6. The topological polar surface area (TPSA) is 52.7 Å². The molecule has 1 aliphatic carbocycles. The Labute approximate surface area is 113 Å². The van der Waals surface area contributed by atoms with Gasteiger partial charge in [-0.1, -0.05) is 0 Å². The Kier molecular flexibility index (Phi) is 3.90. The molecule has 8 heteroatoms. The average Bonchev–Trinajstić information content (AvgIpc) is 2.18. The van der Waals surface area contributed by atoms with Gasteiger partial charge >= 0.3 is 0 Å². The molecule has 1 saturated carbocycles. The highest BCUT2D eigenvalue weighted by atomic mass is 32.2. The second-order valence-electron chi connectivity index (χ2n) is 5.78. The van der Waals surface area contributed by atoms with Crippen LogP contribution in [0.15, 0.2) is 0 Å². The van der Waals surface area contributed by atoms with Crippen LogP contribution in [0.2, 0.25) is 0 Å². The van der Waals surface area contributed by atoms with Gasteiger partial charge in [0.25, 0.3) is 10.2 Å². The lowest BCUT2D eigenvalue weighted by atomic mass is 9.76. The highest BCUT2D eigenvalue weighted by Crippen LogP contribution is 2.44. The Morgan fingerprint density at radius 2 is 1.84 bits per heavy atom. The molecule has 19 heavy (non-hydrogen) atoms. The third-order valence-electron chi connectivity index (χ3n) is 3.96. The SMILES string of the molecule is CC(NC1CN(S(=O)(=O)N(C)C)C1)C1CC(F)(F)C1. The molecule has 0 aromatic carbocycles. The van der Waals surface area contributed by atoms with Crippen molar-refractivity contribution in [2.24, 2.45) is 5.92 Å². The van der Waals surface area contributed by atoms with Crippen molar-refractivity contribution >= 4 is 10.2 Å². The molecule has 0 spiro atoms. The second-order valence-corrected chi connectivity index (χ2v) is 7.93. The monoisotopic (exact) mass is 297 g/mol. The molecule has 1 aliphatic heterocycles. The summed E-state index contributed by atoms with van der Waals surface area (Å²) in [7, 11) is -0.342. The fraction of sp³-hybridized carbons (Fsp3) is 1.00. The van der Waals surface area contributed by atoms with Crippen LogP contribution in [0.1, 0.15) is 19.8 Å². The number of hydrogen-bond donors (Lipinski definition) is 1. The Hall–Kier alpha value is -0.310. The first kappa shape index (κ1) is 15.1. The predicted octanol–water partition coefficient (Wildman–Crippen LogP) is 0.500. The van der Waals surface area contributed by atoms with Crippen LogP contribution in [0.4, 0.5) is 8.78 Å². The molecule has 2 fully saturated rings. The molecule has 2 rings (SSSR count). The lowest BCUT2D eigenvalue weighted by Crippen LogP contribution is -2.64. The molecule has 0 amide bonds. The molecule has 1 saturated heterocycles. The van der Waals surface area contributed by atoms with E-state index in [-0.39, 0.29) is 30.8 Å². The minimum absolute atomic E-state index is 0.00509. The van der Waals surface area contributed by atoms with E-state index in [9.17, 15) is 17.2 Å². The van der Waals surface area contributed by atoms with Crippen LogP contribution in [0.25, 0.3) is 0 Å². The molecular formula is C11H21F2N3O2S. The van der Waals surface area contributed by atoms with Gasteiger partial charge in [-0.05, 0) is 12.8 Å². The quantitative estimate of drug-likeness (QED) is 0.804. The van der Waals surface area contributed by atoms with Crippen LogP contribution in [0.5, 0.6) is 0 Å². The van der Waals surface area contributed by atoms with E-state index in [1.807, 2.05) is 6.92 Å². The van der Waals surface area contributed by atoms with Gasteiger partial charge in [-0.25, -0.2) is 8.78 Å². The van der Waals surface area contributed by atoms with Crippen LogP contribution in [-0.4, -0.2) is 62.2 Å². The fourth-order valence-electron chi connectivity index (χ4n) is 2.53. The maximum absolute atomic E-state index is 12.8. The van der Waals surface area contributed by atoms with Crippen LogP contribution in [0, 0.1) is 5.92 Å². The molecule has 1 N–H and O–H groups in total. The Balaban J connectivity index is 1.74. The summed E-state index contributed by atoms with van der Waals surface area (Å²) in [6.45, 7) is 2.71. The molecule has 0 radical (unpaired) electrons. The molecule has 0 aromatic rings. The summed E-state index contributed by atoms with van der Waals surface area (Å²) in [6.07, 6.45) is -0.124. The third-order valence-corrected chi connectivity index (χ3v) is 5.84. The fourth-order valence-corrected chi connectivity index (χ4v) is 3.73. The minimum Gasteiger partial charge on any atom is -0.309 e. The number of alkyl halides is 2. The van der Waals surface area contributed by atoms with Gasteiger partial charge in [0.05, 0.1) is 0 Å². The predicted molar refractivity (Wildman–Crippen MR) is 68.2 cm³/mol. The smallest absolute Gasteiger partial charge is 0.281 e. The largest absolute Gasteiger partial charge is 0.309 e. The zero-order valence-corrected chi connectivity index (χ0v) is 12.3. The summed E-state index contributed by atoms with van der Waals surface area (Å²) >= 11 is 0. The lowest BCUT2D eigenvalue weighted by molar-refractivity contribution is -0.119. The summed E-state index contributed by atoms with van der Waals surface area (Å²) in [5, 5.41) is 3.24. The number of nitrogens with one attached hydrogen (secondary N) is 1. The number of hydrogen-bond acceptors (Lipinski definition) is 3. The van der Waals surface area contributed by atoms with Gasteiger partial charge in [-0.2, -0.15) is 17.0 Å². The Morgan fingerprint density at radius 1 is 1.32 bits per heavy atom. The Morgan fingerprint density at radius 3 is 2.26 bits per heavy atom. The van der Waals surface area contributed by atoms with Crippen molar-refractivity contribution in [3.63, 3.8) is 0 Å². The van der Waals surface area contributed by atoms with Gasteiger partial charge < -0.3 is 5.32 Å². The minimum atomic E-state index is -3.33. The zero-order valence-electron chi connectivity index (χ0n) is 11.4. The van der Waals surface area contributed by atoms with Crippen molar-refractivity contribution in [3.8, 4) is 0 Å². The molecule has 2 aliphatic rings. The van der Waals surface area contributed by atoms with Gasteiger partial charge in [0.2, 0.25) is 5.92 Å². The van der Waals surface area contributed by atoms with E-state index in [0.717, 1.165) is 0 Å². The maximum atomic E-state index is 12.8. The van der Waals surface area contributed by atoms with Crippen LogP contribution in [-0.2, 0) is 10.2 Å². The van der Waals surface area contributed by atoms with E-state index in [1.54, 1.807) is 0 Å². The normalized spacial score (nSPS) is 27.1. The van der Waals surface area contributed by atoms with Crippen LogP contribution < -0.4 is 5.32 Å². The lowest BCUT2D eigenvalue weighted by Gasteiger charge is -2.45. The number of rotatable bonds is 5. The zero-order chi connectivity index (χ0) is 14.4. The first-order valence-corrected chi connectivity index (χ1v) is 7.83. The van der Waals surface area contributed by atoms with Crippen molar-refractivity contribution in [2.75, 3.05) is 27.2 Å². The van der Waals surface area contributed by atoms with Crippen LogP contribution >= 0.6 is 0 Å². The van der Waals surface area contributed by atoms with Crippen molar-refractivity contribution in [3.05, 3.63) is 0 Å². The molecule has 1 heterocycles. The van der Waals surface area contributed by atoms with Crippen molar-refractivity contribution in [2.45, 2.75) is 37.8 Å². The molecule has 1 atom stereocenters. The number of halogens is 2. The standard InChI is InChI=1S/C11H21F2N3O2S/c1-8(9-4-11(12,13)5-9)14-10-6-16(7-10)19(17,18)15(2)3/h8-10,14H,4-7H2,1-3H3. The van der Waals surface area contributed by atoms with Gasteiger partial charge in [0.15, 0.2) is 0 Å². The van der Waals surface area contributed by atoms with Crippen LogP contribution in [0.3, 0.4) is 0 Å². The van der Waals surface area contributed by atoms with E-state index in [2.05, 4.69) is 5.32 Å². The molecule has 1 unspecified atom stereocenters. The van der Waals surface area contributed by atoms with Gasteiger partial charge in [-0.3, -0.25) is 0 Å². The first-order valence-electron chi connectivity index (χ1n) is 6.43. The molecular weight excluding hydrogens is 276 g/mol. The molecule has 112 valence electrons. The van der Waals surface area contributed by atoms with Crippen molar-refractivity contribution in [1.82, 2.24) is 13.9 Å². The van der Waals surface area contributed by atoms with E-state index >= 15 is 0 Å². The number of nitrogens with zero attached hydrogens (tertiary/aromatic N) is 2. The van der Waals surface area contributed by atoms with Gasteiger partial charge in [0.1, 0.15) is 0 Å². The molecule has 0 bridgehead atoms. The highest BCUT2D eigenvalue weighted by Gasteiger charge is 2.48. The summed E-state index contributed by atoms with van der Waals surface area (Å²) in [5.74, 6) is -2.50. The van der Waals surface area contributed by atoms with E-state index in [4.69, 9.17) is 0 Å². The molecule has 0 aromatic heterocycles. The summed E-state index contributed by atoms with van der Waals surface area (Å²) in [5.41, 5.74) is 0. The summed E-state index contributed by atoms with van der Waals surface area (Å²) in [6, 6.07) is 0.0767. The van der Waals surface area contributed by atoms with E-state index < -0.39 is 16.1 Å². The third kappa shape index (κ3) is 3.07. The van der Waals surface area contributed by atoms with Crippen molar-refractivity contribution < 1.29 is 17.2 Å². The van der Waals surface area contributed by atoms with Gasteiger partial charge in [-0.15, -0.1) is 0 Å². The van der Waals surface area contributed by atoms with E-state index in [1.165, 1.54) is 22.7 Å². The van der Waals surface area contributed by atoms with E-state index in [0.29, 0.717) is 13.1 Å². The maximum Gasteiger partial charge on any atom is 0.281 e. The highest BCUT2D eigenvalue weighted by molar-refractivity contribution is 7.86. The van der Waals surface area contributed by atoms with Crippen molar-refractivity contribution in [1.29, 1.82) is 0 Å².